The van der Waals surface area contributed by atoms with Gasteiger partial charge in [0.1, 0.15) is 23.6 Å². The van der Waals surface area contributed by atoms with Gasteiger partial charge in [-0.1, -0.05) is 43.7 Å². The Kier molecular flexibility index (Phi) is 6.80. The van der Waals surface area contributed by atoms with Gasteiger partial charge in [-0.05, 0) is 18.1 Å². The molecule has 2 aromatic heterocycles. The summed E-state index contributed by atoms with van der Waals surface area (Å²) >= 11 is 0. The van der Waals surface area contributed by atoms with E-state index in [9.17, 15) is 19.1 Å². The number of oxazole rings is 1. The molecule has 0 aliphatic carbocycles. The van der Waals surface area contributed by atoms with E-state index >= 15 is 0 Å². The number of carboxylic acids is 1. The Labute approximate surface area is 211 Å². The first-order valence-electron chi connectivity index (χ1n) is 12.1. The lowest BCUT2D eigenvalue weighted by Gasteiger charge is -2.38. The van der Waals surface area contributed by atoms with Gasteiger partial charge in [0.2, 0.25) is 11.8 Å². The Balaban J connectivity index is 1.55. The Bertz CT molecular complexity index is 1480. The monoisotopic (exact) mass is 507 g/mol. The Morgan fingerprint density at radius 2 is 1.92 bits per heavy atom. The fourth-order valence-corrected chi connectivity index (χ4v) is 4.18. The highest BCUT2D eigenvalue weighted by Crippen LogP contribution is 2.35. The van der Waals surface area contributed by atoms with Gasteiger partial charge in [-0.3, -0.25) is 4.79 Å². The Hall–Kier alpha value is -4.34. The van der Waals surface area contributed by atoms with Crippen molar-refractivity contribution < 1.29 is 28.2 Å². The summed E-state index contributed by atoms with van der Waals surface area (Å²) in [5, 5.41) is 9.21. The zero-order valence-electron chi connectivity index (χ0n) is 20.2. The number of carbonyl (C=O) groups is 1. The lowest BCUT2D eigenvalue weighted by atomic mass is 9.99. The topological polar surface area (TPSA) is 107 Å². The van der Waals surface area contributed by atoms with Crippen LogP contribution in [0.4, 0.5) is 10.1 Å². The van der Waals surface area contributed by atoms with Crippen LogP contribution in [0.1, 0.15) is 25.3 Å². The summed E-state index contributed by atoms with van der Waals surface area (Å²) in [4.78, 5) is 30.5. The van der Waals surface area contributed by atoms with Gasteiger partial charge >= 0.3 is 11.7 Å². The van der Waals surface area contributed by atoms with Crippen molar-refractivity contribution in [2.75, 3.05) is 24.6 Å². The van der Waals surface area contributed by atoms with Gasteiger partial charge in [0, 0.05) is 31.3 Å². The number of anilines is 1. The normalized spacial score (nSPS) is 13.5. The maximum absolute atomic E-state index is 14.7. The van der Waals surface area contributed by atoms with Crippen molar-refractivity contribution in [3.8, 4) is 17.4 Å². The van der Waals surface area contributed by atoms with E-state index in [0.29, 0.717) is 18.2 Å². The number of carboxylic acid groups (broad SMARTS) is 1. The smallest absolute Gasteiger partial charge is 0.424 e. The van der Waals surface area contributed by atoms with Crippen LogP contribution in [0.15, 0.2) is 63.8 Å². The van der Waals surface area contributed by atoms with Crippen LogP contribution in [0.5, 0.6) is 11.8 Å². The van der Waals surface area contributed by atoms with E-state index < -0.39 is 23.5 Å². The van der Waals surface area contributed by atoms with Crippen LogP contribution in [0.3, 0.4) is 0 Å². The molecule has 0 saturated carbocycles. The SMILES string of the molecule is CCCCOc1ccc(-n2c(=O)oc3c(N4CC(C(=O)O)C4)cc(F)cc32)c(OCc2ccccc2)n1. The molecule has 0 amide bonds. The Morgan fingerprint density at radius 3 is 2.65 bits per heavy atom. The minimum absolute atomic E-state index is 0.128. The number of fused-ring (bicyclic) bond motifs is 1. The third-order valence-corrected chi connectivity index (χ3v) is 6.22. The molecule has 9 nitrogen and oxygen atoms in total. The highest BCUT2D eigenvalue weighted by molar-refractivity contribution is 5.90. The third-order valence-electron chi connectivity index (χ3n) is 6.22. The van der Waals surface area contributed by atoms with Gasteiger partial charge in [0.15, 0.2) is 5.58 Å². The molecular weight excluding hydrogens is 481 g/mol. The predicted molar refractivity (Wildman–Crippen MR) is 134 cm³/mol. The number of halogens is 1. The minimum Gasteiger partial charge on any atom is -0.481 e. The summed E-state index contributed by atoms with van der Waals surface area (Å²) in [5.41, 5.74) is 1.84. The zero-order chi connectivity index (χ0) is 25.9. The highest BCUT2D eigenvalue weighted by Gasteiger charge is 2.35. The quantitative estimate of drug-likeness (QED) is 0.315. The molecule has 10 heteroatoms. The van der Waals surface area contributed by atoms with Crippen LogP contribution >= 0.6 is 0 Å². The van der Waals surface area contributed by atoms with Crippen molar-refractivity contribution >= 4 is 22.8 Å². The van der Waals surface area contributed by atoms with E-state index in [0.717, 1.165) is 18.4 Å². The average Bonchev–Trinajstić information content (AvgIpc) is 3.18. The number of unbranched alkanes of at least 4 members (excludes halogenated alkanes) is 1. The fourth-order valence-electron chi connectivity index (χ4n) is 4.18. The standard InChI is InChI=1S/C27H26FN3O6/c1-2-3-11-35-23-10-9-20(25(29-23)36-16-17-7-5-4-6-8-17)31-22-13-19(28)12-21(24(22)37-27(31)34)30-14-18(15-30)26(32)33/h4-10,12-13,18H,2-3,11,14-16H2,1H3,(H,32,33). The van der Waals surface area contributed by atoms with E-state index in [-0.39, 0.29) is 42.4 Å². The molecule has 3 heterocycles. The average molecular weight is 508 g/mol. The molecule has 4 aromatic rings. The number of benzene rings is 2. The number of hydrogen-bond donors (Lipinski definition) is 1. The van der Waals surface area contributed by atoms with Crippen molar-refractivity contribution in [2.45, 2.75) is 26.4 Å². The molecule has 0 spiro atoms. The van der Waals surface area contributed by atoms with Gasteiger partial charge in [-0.15, -0.1) is 0 Å². The van der Waals surface area contributed by atoms with Crippen LogP contribution < -0.4 is 20.1 Å². The van der Waals surface area contributed by atoms with Crippen molar-refractivity contribution in [2.24, 2.45) is 5.92 Å². The van der Waals surface area contributed by atoms with Gasteiger partial charge in [-0.25, -0.2) is 13.8 Å². The molecule has 0 atom stereocenters. The van der Waals surface area contributed by atoms with Crippen molar-refractivity contribution in [3.05, 3.63) is 76.5 Å². The molecule has 1 N–H and O–H groups in total. The molecule has 0 radical (unpaired) electrons. The zero-order valence-corrected chi connectivity index (χ0v) is 20.2. The third kappa shape index (κ3) is 5.00. The molecule has 2 aromatic carbocycles. The van der Waals surface area contributed by atoms with Crippen LogP contribution in [0.2, 0.25) is 0 Å². The second-order valence-corrected chi connectivity index (χ2v) is 8.87. The number of aliphatic carboxylic acids is 1. The van der Waals surface area contributed by atoms with Crippen LogP contribution in [0, 0.1) is 11.7 Å². The highest BCUT2D eigenvalue weighted by atomic mass is 19.1. The van der Waals surface area contributed by atoms with Gasteiger partial charge in [0.05, 0.1) is 18.2 Å². The lowest BCUT2D eigenvalue weighted by Crippen LogP contribution is -2.50. The summed E-state index contributed by atoms with van der Waals surface area (Å²) in [7, 11) is 0. The molecule has 1 aliphatic heterocycles. The molecular formula is C27H26FN3O6. The van der Waals surface area contributed by atoms with Crippen LogP contribution in [-0.4, -0.2) is 40.3 Å². The van der Waals surface area contributed by atoms with Crippen LogP contribution in [0.25, 0.3) is 16.8 Å². The van der Waals surface area contributed by atoms with E-state index in [1.54, 1.807) is 17.0 Å². The second kappa shape index (κ2) is 10.3. The number of aromatic nitrogens is 2. The summed E-state index contributed by atoms with van der Waals surface area (Å²) in [5.74, 6) is -2.35. The number of nitrogens with zero attached hydrogens (tertiary/aromatic N) is 3. The van der Waals surface area contributed by atoms with Gasteiger partial charge < -0.3 is 23.9 Å². The Morgan fingerprint density at radius 1 is 1.14 bits per heavy atom. The number of pyridine rings is 1. The van der Waals surface area contributed by atoms with Crippen molar-refractivity contribution in [3.63, 3.8) is 0 Å². The molecule has 0 unspecified atom stereocenters. The summed E-state index contributed by atoms with van der Waals surface area (Å²) in [6.45, 7) is 3.12. The van der Waals surface area contributed by atoms with Crippen molar-refractivity contribution in [1.29, 1.82) is 0 Å². The van der Waals surface area contributed by atoms with Crippen molar-refractivity contribution in [1.82, 2.24) is 9.55 Å². The predicted octanol–water partition coefficient (Wildman–Crippen LogP) is 4.40. The lowest BCUT2D eigenvalue weighted by molar-refractivity contribution is -0.142. The number of ether oxygens (including phenoxy) is 2. The van der Waals surface area contributed by atoms with E-state index in [1.807, 2.05) is 30.3 Å². The summed E-state index contributed by atoms with van der Waals surface area (Å²) < 4.78 is 33.2. The molecule has 0 bridgehead atoms. The first-order valence-corrected chi connectivity index (χ1v) is 12.1. The van der Waals surface area contributed by atoms with E-state index in [4.69, 9.17) is 13.9 Å². The van der Waals surface area contributed by atoms with Gasteiger partial charge in [0.25, 0.3) is 0 Å². The molecule has 1 aliphatic rings. The summed E-state index contributed by atoms with van der Waals surface area (Å²) in [6.07, 6.45) is 1.82. The molecule has 37 heavy (non-hydrogen) atoms. The maximum atomic E-state index is 14.7. The summed E-state index contributed by atoms with van der Waals surface area (Å²) in [6, 6.07) is 15.2. The number of rotatable bonds is 10. The fraction of sp³-hybridized carbons (Fsp3) is 0.296. The largest absolute Gasteiger partial charge is 0.481 e. The first kappa shape index (κ1) is 24.4. The number of hydrogen-bond acceptors (Lipinski definition) is 7. The molecule has 1 saturated heterocycles. The van der Waals surface area contributed by atoms with E-state index in [1.165, 1.54) is 16.7 Å². The van der Waals surface area contributed by atoms with E-state index in [2.05, 4.69) is 11.9 Å². The molecule has 5 rings (SSSR count). The minimum atomic E-state index is -0.921. The molecule has 192 valence electrons. The maximum Gasteiger partial charge on any atom is 0.424 e. The van der Waals surface area contributed by atoms with Gasteiger partial charge in [-0.2, -0.15) is 4.98 Å². The molecule has 1 fully saturated rings. The second-order valence-electron chi connectivity index (χ2n) is 8.87. The first-order chi connectivity index (χ1) is 17.9. The van der Waals surface area contributed by atoms with Crippen LogP contribution in [-0.2, 0) is 11.4 Å².